The van der Waals surface area contributed by atoms with Crippen molar-refractivity contribution >= 4 is 57.3 Å². The molecule has 6 rings (SSSR count). The van der Waals surface area contributed by atoms with Gasteiger partial charge in [0.1, 0.15) is 24.9 Å². The molecule has 1 unspecified atom stereocenters. The number of nitrogens with zero attached hydrogens (tertiary/aromatic N) is 4. The molecule has 0 bridgehead atoms. The summed E-state index contributed by atoms with van der Waals surface area (Å²) in [6, 6.07) is 16.1. The summed E-state index contributed by atoms with van der Waals surface area (Å²) in [4.78, 5) is 36.5. The lowest BCUT2D eigenvalue weighted by molar-refractivity contribution is -0.138. The van der Waals surface area contributed by atoms with Crippen molar-refractivity contribution in [2.24, 2.45) is 0 Å². The first-order chi connectivity index (χ1) is 21.6. The Kier molecular flexibility index (Phi) is 8.87. The van der Waals surface area contributed by atoms with Crippen LogP contribution in [0.25, 0.3) is 10.9 Å². The summed E-state index contributed by atoms with van der Waals surface area (Å²) >= 11 is 13.2. The maximum Gasteiger partial charge on any atom is 0.416 e. The van der Waals surface area contributed by atoms with Crippen LogP contribution in [0.2, 0.25) is 10.0 Å². The van der Waals surface area contributed by atoms with Crippen LogP contribution in [0.5, 0.6) is 5.75 Å². The molecule has 13 heteroatoms. The second kappa shape index (κ2) is 12.8. The van der Waals surface area contributed by atoms with Crippen molar-refractivity contribution in [1.29, 1.82) is 0 Å². The molecule has 2 amide bonds. The van der Waals surface area contributed by atoms with Gasteiger partial charge < -0.3 is 9.47 Å². The molecule has 2 fully saturated rings. The Bertz CT molecular complexity index is 1750. The van der Waals surface area contributed by atoms with Crippen LogP contribution < -0.4 is 14.5 Å². The maximum absolute atomic E-state index is 13.8. The van der Waals surface area contributed by atoms with E-state index in [4.69, 9.17) is 32.7 Å². The Labute approximate surface area is 266 Å². The smallest absolute Gasteiger partial charge is 0.416 e. The monoisotopic (exact) mass is 658 g/mol. The summed E-state index contributed by atoms with van der Waals surface area (Å²) < 4.78 is 53.1. The molecule has 45 heavy (non-hydrogen) atoms. The van der Waals surface area contributed by atoms with Gasteiger partial charge in [0.05, 0.1) is 29.3 Å². The topological polar surface area (TPSA) is 75.2 Å². The number of anilines is 2. The van der Waals surface area contributed by atoms with Crippen LogP contribution in [-0.2, 0) is 20.5 Å². The molecule has 3 aromatic carbocycles. The predicted molar refractivity (Wildman–Crippen MR) is 165 cm³/mol. The van der Waals surface area contributed by atoms with Crippen molar-refractivity contribution < 1.29 is 32.2 Å². The van der Waals surface area contributed by atoms with E-state index in [2.05, 4.69) is 9.88 Å². The van der Waals surface area contributed by atoms with Crippen molar-refractivity contribution in [2.45, 2.75) is 18.8 Å². The summed E-state index contributed by atoms with van der Waals surface area (Å²) in [7, 11) is 0. The summed E-state index contributed by atoms with van der Waals surface area (Å²) in [5.74, 6) is -1.10. The third kappa shape index (κ3) is 6.57. The minimum absolute atomic E-state index is 0.0601. The molecular formula is C32H27Cl2F3N4O4. The maximum atomic E-state index is 13.8. The second-order valence-corrected chi connectivity index (χ2v) is 11.5. The number of amides is 2. The molecule has 0 saturated carbocycles. The quantitative estimate of drug-likeness (QED) is 0.205. The summed E-state index contributed by atoms with van der Waals surface area (Å²) in [6.45, 7) is 3.40. The molecule has 0 N–H and O–H groups in total. The third-order valence-corrected chi connectivity index (χ3v) is 8.22. The van der Waals surface area contributed by atoms with E-state index in [-0.39, 0.29) is 33.7 Å². The number of morpholine rings is 1. The number of hydrogen-bond donors (Lipinski definition) is 0. The zero-order chi connectivity index (χ0) is 31.7. The minimum Gasteiger partial charge on any atom is -0.490 e. The molecule has 0 aliphatic carbocycles. The van der Waals surface area contributed by atoms with Gasteiger partial charge in [-0.15, -0.1) is 0 Å². The Morgan fingerprint density at radius 1 is 0.911 bits per heavy atom. The number of halogens is 5. The zero-order valence-electron chi connectivity index (χ0n) is 23.8. The highest BCUT2D eigenvalue weighted by Gasteiger charge is 2.44. The van der Waals surface area contributed by atoms with E-state index in [1.54, 1.807) is 30.5 Å². The molecule has 8 nitrogen and oxygen atoms in total. The lowest BCUT2D eigenvalue weighted by atomic mass is 10.0. The van der Waals surface area contributed by atoms with Gasteiger partial charge >= 0.3 is 6.18 Å². The highest BCUT2D eigenvalue weighted by Crippen LogP contribution is 2.46. The molecule has 1 atom stereocenters. The van der Waals surface area contributed by atoms with E-state index in [0.717, 1.165) is 30.6 Å². The van der Waals surface area contributed by atoms with Gasteiger partial charge in [-0.05, 0) is 54.6 Å². The Morgan fingerprint density at radius 2 is 1.64 bits per heavy atom. The predicted octanol–water partition coefficient (Wildman–Crippen LogP) is 6.74. The fourth-order valence-corrected chi connectivity index (χ4v) is 6.17. The van der Waals surface area contributed by atoms with Crippen LogP contribution in [0.3, 0.4) is 0 Å². The Morgan fingerprint density at radius 3 is 2.38 bits per heavy atom. The van der Waals surface area contributed by atoms with Crippen molar-refractivity contribution in [2.75, 3.05) is 49.3 Å². The Hall–Kier alpha value is -3.90. The van der Waals surface area contributed by atoms with E-state index < -0.39 is 36.1 Å². The molecule has 0 spiro atoms. The van der Waals surface area contributed by atoms with Crippen LogP contribution in [0.1, 0.15) is 23.7 Å². The minimum atomic E-state index is -4.67. The highest BCUT2D eigenvalue weighted by atomic mass is 35.5. The number of pyridine rings is 1. The number of benzene rings is 3. The van der Waals surface area contributed by atoms with E-state index in [0.29, 0.717) is 31.0 Å². The van der Waals surface area contributed by atoms with Gasteiger partial charge in [-0.2, -0.15) is 13.2 Å². The van der Waals surface area contributed by atoms with E-state index >= 15 is 0 Å². The fraction of sp³-hybridized carbons (Fsp3) is 0.281. The molecule has 4 aromatic rings. The van der Waals surface area contributed by atoms with Crippen molar-refractivity contribution in [3.8, 4) is 5.75 Å². The van der Waals surface area contributed by atoms with E-state index in [9.17, 15) is 22.8 Å². The van der Waals surface area contributed by atoms with Crippen LogP contribution >= 0.6 is 23.2 Å². The lowest BCUT2D eigenvalue weighted by Gasteiger charge is -2.44. The molecule has 2 aliphatic heterocycles. The lowest BCUT2D eigenvalue weighted by Crippen LogP contribution is -2.54. The molecule has 2 saturated heterocycles. The van der Waals surface area contributed by atoms with Crippen LogP contribution in [0.4, 0.5) is 24.5 Å². The van der Waals surface area contributed by atoms with Crippen LogP contribution in [-0.4, -0.2) is 61.2 Å². The van der Waals surface area contributed by atoms with Gasteiger partial charge in [0.15, 0.2) is 0 Å². The van der Waals surface area contributed by atoms with Gasteiger partial charge in [-0.25, -0.2) is 0 Å². The van der Waals surface area contributed by atoms with Gasteiger partial charge in [0.25, 0.3) is 0 Å². The molecule has 2 aliphatic rings. The first-order valence-electron chi connectivity index (χ1n) is 14.2. The number of rotatable bonds is 7. The van der Waals surface area contributed by atoms with Crippen molar-refractivity contribution in [1.82, 2.24) is 9.88 Å². The standard InChI is InChI=1S/C32H27Cl2F3N4O4/c33-22-17-25(30(26(34)18-22)45-14-11-39-9-12-44-13-10-39)31-40(23-5-1-4-21(16-23)32(35,36)37)28(42)19-29(43)41(31)24-6-7-27-20(15-24)3-2-8-38-27/h1-8,15-18,31H,9-14,19H2. The van der Waals surface area contributed by atoms with Gasteiger partial charge in [-0.1, -0.05) is 35.3 Å². The number of hydrogen-bond acceptors (Lipinski definition) is 6. The number of ether oxygens (including phenoxy) is 2. The van der Waals surface area contributed by atoms with E-state index in [1.807, 2.05) is 6.07 Å². The molecular weight excluding hydrogens is 632 g/mol. The highest BCUT2D eigenvalue weighted by molar-refractivity contribution is 6.35. The normalized spacial score (nSPS) is 18.1. The van der Waals surface area contributed by atoms with Gasteiger partial charge in [0.2, 0.25) is 11.8 Å². The molecule has 0 radical (unpaired) electrons. The summed E-state index contributed by atoms with van der Waals surface area (Å²) in [5, 5.41) is 1.03. The molecule has 1 aromatic heterocycles. The zero-order valence-corrected chi connectivity index (χ0v) is 25.3. The number of aromatic nitrogens is 1. The van der Waals surface area contributed by atoms with Gasteiger partial charge in [-0.3, -0.25) is 29.3 Å². The summed E-state index contributed by atoms with van der Waals surface area (Å²) in [6.07, 6.45) is -4.91. The van der Waals surface area contributed by atoms with Gasteiger partial charge in [0, 0.05) is 53.2 Å². The summed E-state index contributed by atoms with van der Waals surface area (Å²) in [5.41, 5.74) is 0.295. The number of carbonyl (C=O) groups excluding carboxylic acids is 2. The number of fused-ring (bicyclic) bond motifs is 1. The second-order valence-electron chi connectivity index (χ2n) is 10.6. The van der Waals surface area contributed by atoms with Crippen LogP contribution in [0, 0.1) is 0 Å². The van der Waals surface area contributed by atoms with Crippen molar-refractivity contribution in [3.05, 3.63) is 94.1 Å². The fourth-order valence-electron chi connectivity index (χ4n) is 5.61. The first kappa shape index (κ1) is 31.1. The SMILES string of the molecule is O=C1CC(=O)N(c2ccc3ncccc3c2)C(c2cc(Cl)cc(Cl)c2OCCN2CCOCC2)N1c1cccc(C(F)(F)F)c1. The van der Waals surface area contributed by atoms with Crippen LogP contribution in [0.15, 0.2) is 72.9 Å². The molecule has 3 heterocycles. The first-order valence-corrected chi connectivity index (χ1v) is 14.9. The Balaban J connectivity index is 1.50. The number of alkyl halides is 3. The molecule has 234 valence electrons. The average Bonchev–Trinajstić information content (AvgIpc) is 3.01. The third-order valence-electron chi connectivity index (χ3n) is 7.72. The largest absolute Gasteiger partial charge is 0.490 e. The average molecular weight is 659 g/mol. The number of carbonyl (C=O) groups is 2. The van der Waals surface area contributed by atoms with E-state index in [1.165, 1.54) is 34.1 Å². The van der Waals surface area contributed by atoms with Crippen molar-refractivity contribution in [3.63, 3.8) is 0 Å².